The van der Waals surface area contributed by atoms with Gasteiger partial charge in [0.25, 0.3) is 0 Å². The van der Waals surface area contributed by atoms with E-state index in [1.165, 1.54) is 0 Å². The zero-order valence-corrected chi connectivity index (χ0v) is 9.09. The minimum atomic E-state index is -0.0260. The van der Waals surface area contributed by atoms with Crippen LogP contribution in [0.25, 0.3) is 0 Å². The van der Waals surface area contributed by atoms with Gasteiger partial charge in [-0.2, -0.15) is 0 Å². The molecule has 0 heterocycles. The predicted octanol–water partition coefficient (Wildman–Crippen LogP) is 2.15. The van der Waals surface area contributed by atoms with Crippen molar-refractivity contribution in [1.29, 1.82) is 0 Å². The first-order chi connectivity index (χ1) is 5.37. The third-order valence-corrected chi connectivity index (χ3v) is 3.26. The maximum absolute atomic E-state index is 10.7. The summed E-state index contributed by atoms with van der Waals surface area (Å²) in [5, 5.41) is 0. The number of rotatable bonds is 4. The summed E-state index contributed by atoms with van der Waals surface area (Å²) in [6, 6.07) is 0. The molecule has 0 aliphatic rings. The minimum absolute atomic E-state index is 0.0260. The molecular formula is C10H21NO. The highest BCUT2D eigenvalue weighted by molar-refractivity contribution is 5.48. The van der Waals surface area contributed by atoms with Gasteiger partial charge in [-0.1, -0.05) is 27.7 Å². The topological polar surface area (TPSA) is 20.3 Å². The zero-order chi connectivity index (χ0) is 9.94. The summed E-state index contributed by atoms with van der Waals surface area (Å²) in [6.07, 6.45) is 0.917. The molecule has 72 valence electrons. The third-order valence-electron chi connectivity index (χ3n) is 3.26. The molecule has 0 saturated carbocycles. The van der Waals surface area contributed by atoms with E-state index in [1.54, 1.807) is 4.90 Å². The number of carbonyl (C=O) groups excluding carboxylic acids is 1. The van der Waals surface area contributed by atoms with Crippen LogP contribution in [-0.4, -0.2) is 23.9 Å². The standard InChI is InChI=1S/C10H21NO/c1-8(2)10(5,9(3)4)11(6)7-12/h7-9H,1-6H3. The maximum atomic E-state index is 10.7. The van der Waals surface area contributed by atoms with Gasteiger partial charge in [0.2, 0.25) is 6.41 Å². The van der Waals surface area contributed by atoms with Gasteiger partial charge < -0.3 is 4.90 Å². The second-order valence-corrected chi connectivity index (χ2v) is 4.25. The van der Waals surface area contributed by atoms with Crippen molar-refractivity contribution in [2.45, 2.75) is 40.2 Å². The van der Waals surface area contributed by atoms with Crippen LogP contribution in [0.3, 0.4) is 0 Å². The van der Waals surface area contributed by atoms with E-state index >= 15 is 0 Å². The molecular weight excluding hydrogens is 150 g/mol. The van der Waals surface area contributed by atoms with Crippen LogP contribution in [0.4, 0.5) is 0 Å². The molecule has 0 atom stereocenters. The lowest BCUT2D eigenvalue weighted by atomic mass is 9.78. The van der Waals surface area contributed by atoms with Gasteiger partial charge in [0.1, 0.15) is 0 Å². The Kier molecular flexibility index (Phi) is 3.75. The SMILES string of the molecule is CC(C)C(C)(C(C)C)N(C)C=O. The molecule has 1 amide bonds. The van der Waals surface area contributed by atoms with E-state index < -0.39 is 0 Å². The highest BCUT2D eigenvalue weighted by atomic mass is 16.1. The molecule has 0 spiro atoms. The van der Waals surface area contributed by atoms with Gasteiger partial charge in [0, 0.05) is 12.6 Å². The summed E-state index contributed by atoms with van der Waals surface area (Å²) in [4.78, 5) is 12.5. The van der Waals surface area contributed by atoms with Crippen molar-refractivity contribution in [2.75, 3.05) is 7.05 Å². The number of nitrogens with zero attached hydrogens (tertiary/aromatic N) is 1. The summed E-state index contributed by atoms with van der Waals surface area (Å²) in [5.41, 5.74) is -0.0260. The van der Waals surface area contributed by atoms with Crippen molar-refractivity contribution in [3.63, 3.8) is 0 Å². The highest BCUT2D eigenvalue weighted by Crippen LogP contribution is 2.30. The molecule has 0 aliphatic heterocycles. The van der Waals surface area contributed by atoms with Crippen molar-refractivity contribution in [1.82, 2.24) is 4.90 Å². The van der Waals surface area contributed by atoms with E-state index in [-0.39, 0.29) is 5.54 Å². The van der Waals surface area contributed by atoms with Crippen molar-refractivity contribution < 1.29 is 4.79 Å². The summed E-state index contributed by atoms with van der Waals surface area (Å²) >= 11 is 0. The highest BCUT2D eigenvalue weighted by Gasteiger charge is 2.35. The van der Waals surface area contributed by atoms with Crippen LogP contribution >= 0.6 is 0 Å². The Morgan fingerprint density at radius 2 is 1.50 bits per heavy atom. The summed E-state index contributed by atoms with van der Waals surface area (Å²) in [6.45, 7) is 10.7. The molecule has 0 N–H and O–H groups in total. The van der Waals surface area contributed by atoms with Gasteiger partial charge in [0.05, 0.1) is 0 Å². The van der Waals surface area contributed by atoms with Crippen molar-refractivity contribution in [3.05, 3.63) is 0 Å². The lowest BCUT2D eigenvalue weighted by molar-refractivity contribution is -0.125. The Morgan fingerprint density at radius 3 is 1.58 bits per heavy atom. The zero-order valence-electron chi connectivity index (χ0n) is 9.09. The van der Waals surface area contributed by atoms with Crippen molar-refractivity contribution in [3.8, 4) is 0 Å². The smallest absolute Gasteiger partial charge is 0.209 e. The van der Waals surface area contributed by atoms with E-state index in [4.69, 9.17) is 0 Å². The average molecular weight is 171 g/mol. The Balaban J connectivity index is 4.73. The molecule has 0 bridgehead atoms. The first-order valence-corrected chi connectivity index (χ1v) is 4.55. The average Bonchev–Trinajstić information content (AvgIpc) is 2.00. The van der Waals surface area contributed by atoms with E-state index in [0.29, 0.717) is 11.8 Å². The van der Waals surface area contributed by atoms with Gasteiger partial charge in [-0.05, 0) is 18.8 Å². The molecule has 0 aromatic heterocycles. The third kappa shape index (κ3) is 1.79. The number of hydrogen-bond acceptors (Lipinski definition) is 1. The second-order valence-electron chi connectivity index (χ2n) is 4.25. The summed E-state index contributed by atoms with van der Waals surface area (Å²) < 4.78 is 0. The quantitative estimate of drug-likeness (QED) is 0.593. The van der Waals surface area contributed by atoms with Crippen LogP contribution in [0.5, 0.6) is 0 Å². The molecule has 0 unspecified atom stereocenters. The first-order valence-electron chi connectivity index (χ1n) is 4.55. The molecule has 0 aliphatic carbocycles. The molecule has 2 nitrogen and oxygen atoms in total. The van der Waals surface area contributed by atoms with E-state index in [1.807, 2.05) is 7.05 Å². The lowest BCUT2D eigenvalue weighted by Crippen LogP contribution is -2.51. The van der Waals surface area contributed by atoms with E-state index in [9.17, 15) is 4.79 Å². The molecule has 0 fully saturated rings. The molecule has 0 aromatic carbocycles. The molecule has 12 heavy (non-hydrogen) atoms. The molecule has 2 heteroatoms. The fraction of sp³-hybridized carbons (Fsp3) is 0.900. The van der Waals surface area contributed by atoms with Crippen LogP contribution in [0.1, 0.15) is 34.6 Å². The van der Waals surface area contributed by atoms with Crippen LogP contribution in [-0.2, 0) is 4.79 Å². The fourth-order valence-electron chi connectivity index (χ4n) is 1.59. The number of amides is 1. The van der Waals surface area contributed by atoms with Crippen LogP contribution in [0, 0.1) is 11.8 Å². The van der Waals surface area contributed by atoms with Gasteiger partial charge in [-0.25, -0.2) is 0 Å². The van der Waals surface area contributed by atoms with Crippen LogP contribution in [0.2, 0.25) is 0 Å². The van der Waals surface area contributed by atoms with Crippen LogP contribution in [0.15, 0.2) is 0 Å². The van der Waals surface area contributed by atoms with Crippen LogP contribution < -0.4 is 0 Å². The maximum Gasteiger partial charge on any atom is 0.209 e. The molecule has 0 rings (SSSR count). The Hall–Kier alpha value is -0.530. The van der Waals surface area contributed by atoms with Gasteiger partial charge in [-0.3, -0.25) is 4.79 Å². The predicted molar refractivity (Wildman–Crippen MR) is 51.9 cm³/mol. The van der Waals surface area contributed by atoms with E-state index in [0.717, 1.165) is 6.41 Å². The normalized spacial score (nSPS) is 12.3. The Labute approximate surface area is 75.9 Å². The second kappa shape index (κ2) is 3.92. The van der Waals surface area contributed by atoms with Gasteiger partial charge in [0.15, 0.2) is 0 Å². The Morgan fingerprint density at radius 1 is 1.17 bits per heavy atom. The largest absolute Gasteiger partial charge is 0.342 e. The molecule has 0 aromatic rings. The number of carbonyl (C=O) groups is 1. The summed E-state index contributed by atoms with van der Waals surface area (Å²) in [7, 11) is 1.85. The molecule has 0 radical (unpaired) electrons. The number of hydrogen-bond donors (Lipinski definition) is 0. The van der Waals surface area contributed by atoms with Crippen molar-refractivity contribution in [2.24, 2.45) is 11.8 Å². The van der Waals surface area contributed by atoms with E-state index in [2.05, 4.69) is 34.6 Å². The first kappa shape index (κ1) is 11.5. The van der Waals surface area contributed by atoms with Crippen molar-refractivity contribution >= 4 is 6.41 Å². The minimum Gasteiger partial charge on any atom is -0.342 e. The fourth-order valence-corrected chi connectivity index (χ4v) is 1.59. The lowest BCUT2D eigenvalue weighted by Gasteiger charge is -2.43. The Bertz CT molecular complexity index is 144. The monoisotopic (exact) mass is 171 g/mol. The molecule has 0 saturated heterocycles. The van der Waals surface area contributed by atoms with Gasteiger partial charge >= 0.3 is 0 Å². The summed E-state index contributed by atoms with van der Waals surface area (Å²) in [5.74, 6) is 0.959. The van der Waals surface area contributed by atoms with Gasteiger partial charge in [-0.15, -0.1) is 0 Å².